The maximum atomic E-state index is 13.3. The molecule has 2 amide bonds. The zero-order valence-electron chi connectivity index (χ0n) is 18.2. The van der Waals surface area contributed by atoms with Crippen molar-refractivity contribution < 1.29 is 19.4 Å². The quantitative estimate of drug-likeness (QED) is 0.471. The Bertz CT molecular complexity index is 772. The van der Waals surface area contributed by atoms with Crippen molar-refractivity contribution in [2.45, 2.75) is 46.0 Å². The molecular weight excluding hydrogens is 380 g/mol. The molecule has 3 rings (SSSR count). The average Bonchev–Trinajstić information content (AvgIpc) is 3.01. The van der Waals surface area contributed by atoms with Crippen molar-refractivity contribution in [3.05, 3.63) is 41.1 Å². The first kappa shape index (κ1) is 22.5. The number of aryl methyl sites for hydroxylation is 1. The Balaban J connectivity index is 1.81. The van der Waals surface area contributed by atoms with Gasteiger partial charge in [0.1, 0.15) is 5.70 Å². The van der Waals surface area contributed by atoms with Crippen molar-refractivity contribution in [3.8, 4) is 0 Å². The number of unbranched alkanes of at least 4 members (excludes halogenated alkanes) is 1. The summed E-state index contributed by atoms with van der Waals surface area (Å²) in [4.78, 5) is 30.0. The molecule has 1 unspecified atom stereocenters. The van der Waals surface area contributed by atoms with E-state index < -0.39 is 0 Å². The maximum absolute atomic E-state index is 13.3. The lowest BCUT2D eigenvalue weighted by Crippen LogP contribution is -2.40. The molecule has 0 aromatic heterocycles. The molecule has 6 nitrogen and oxygen atoms in total. The molecule has 2 aliphatic heterocycles. The molecule has 1 fully saturated rings. The summed E-state index contributed by atoms with van der Waals surface area (Å²) in [6.45, 7) is 7.18. The normalized spacial score (nSPS) is 19.9. The van der Waals surface area contributed by atoms with Crippen molar-refractivity contribution in [2.24, 2.45) is 5.92 Å². The molecule has 1 saturated heterocycles. The monoisotopic (exact) mass is 414 g/mol. The van der Waals surface area contributed by atoms with E-state index in [1.165, 1.54) is 4.90 Å². The van der Waals surface area contributed by atoms with Gasteiger partial charge in [0.15, 0.2) is 0 Å². The van der Waals surface area contributed by atoms with Gasteiger partial charge in [-0.25, -0.2) is 0 Å². The second-order valence-corrected chi connectivity index (χ2v) is 8.31. The van der Waals surface area contributed by atoms with Crippen molar-refractivity contribution in [2.75, 3.05) is 39.5 Å². The number of rotatable bonds is 10. The molecule has 1 N–H and O–H groups in total. The third-order valence-electron chi connectivity index (χ3n) is 5.89. The number of carbonyl (C=O) groups is 2. The number of aliphatic hydroxyl groups is 1. The van der Waals surface area contributed by atoms with Gasteiger partial charge in [-0.1, -0.05) is 43.2 Å². The number of hydrogen-bond donors (Lipinski definition) is 1. The van der Waals surface area contributed by atoms with E-state index in [4.69, 9.17) is 4.74 Å². The summed E-state index contributed by atoms with van der Waals surface area (Å²) in [5.74, 6) is -0.310. The van der Waals surface area contributed by atoms with Crippen LogP contribution in [0.2, 0.25) is 0 Å². The zero-order valence-corrected chi connectivity index (χ0v) is 18.2. The van der Waals surface area contributed by atoms with Crippen LogP contribution >= 0.6 is 0 Å². The van der Waals surface area contributed by atoms with E-state index in [1.54, 1.807) is 0 Å². The Labute approximate surface area is 179 Å². The first-order valence-electron chi connectivity index (χ1n) is 11.2. The van der Waals surface area contributed by atoms with Gasteiger partial charge in [-0.15, -0.1) is 0 Å². The minimum Gasteiger partial charge on any atom is -0.396 e. The molecule has 2 aliphatic rings. The van der Waals surface area contributed by atoms with Crippen molar-refractivity contribution in [1.29, 1.82) is 0 Å². The standard InChI is InChI=1S/C24H34N2O4/c1-3-4-14-30-15-6-13-26-23(28)21(20-10-8-18(2)9-11-20)22(24(26)29)25-12-5-7-19(16-25)17-27/h8-11,19,27H,3-7,12-17H2,1-2H3. The van der Waals surface area contributed by atoms with Gasteiger partial charge in [0.25, 0.3) is 11.8 Å². The molecule has 2 heterocycles. The molecule has 0 aliphatic carbocycles. The Morgan fingerprint density at radius 3 is 2.53 bits per heavy atom. The van der Waals surface area contributed by atoms with Crippen LogP contribution in [-0.2, 0) is 14.3 Å². The minimum absolute atomic E-state index is 0.102. The summed E-state index contributed by atoms with van der Waals surface area (Å²) in [7, 11) is 0. The second kappa shape index (κ2) is 10.7. The van der Waals surface area contributed by atoms with Gasteiger partial charge in [-0.05, 0) is 44.1 Å². The smallest absolute Gasteiger partial charge is 0.277 e. The summed E-state index contributed by atoms with van der Waals surface area (Å²) < 4.78 is 5.60. The van der Waals surface area contributed by atoms with Gasteiger partial charge >= 0.3 is 0 Å². The van der Waals surface area contributed by atoms with Gasteiger partial charge in [0.2, 0.25) is 0 Å². The Kier molecular flexibility index (Phi) is 8.05. The first-order chi connectivity index (χ1) is 14.6. The molecule has 1 aromatic carbocycles. The lowest BCUT2D eigenvalue weighted by atomic mass is 9.96. The highest BCUT2D eigenvalue weighted by Gasteiger charge is 2.42. The molecule has 164 valence electrons. The van der Waals surface area contributed by atoms with Crippen LogP contribution in [0.4, 0.5) is 0 Å². The summed E-state index contributed by atoms with van der Waals surface area (Å²) >= 11 is 0. The fourth-order valence-electron chi connectivity index (χ4n) is 4.13. The van der Waals surface area contributed by atoms with Crippen molar-refractivity contribution in [3.63, 3.8) is 0 Å². The Morgan fingerprint density at radius 2 is 1.83 bits per heavy atom. The third kappa shape index (κ3) is 5.10. The molecule has 0 bridgehead atoms. The summed E-state index contributed by atoms with van der Waals surface area (Å²) in [6, 6.07) is 7.77. The maximum Gasteiger partial charge on any atom is 0.277 e. The highest BCUT2D eigenvalue weighted by Crippen LogP contribution is 2.34. The van der Waals surface area contributed by atoms with Gasteiger partial charge in [0, 0.05) is 39.5 Å². The van der Waals surface area contributed by atoms with Crippen LogP contribution in [0, 0.1) is 12.8 Å². The highest BCUT2D eigenvalue weighted by atomic mass is 16.5. The van der Waals surface area contributed by atoms with Crippen LogP contribution in [0.15, 0.2) is 30.0 Å². The van der Waals surface area contributed by atoms with Crippen LogP contribution in [0.5, 0.6) is 0 Å². The lowest BCUT2D eigenvalue weighted by Gasteiger charge is -2.34. The fraction of sp³-hybridized carbons (Fsp3) is 0.583. The zero-order chi connectivity index (χ0) is 21.5. The lowest BCUT2D eigenvalue weighted by molar-refractivity contribution is -0.137. The van der Waals surface area contributed by atoms with Gasteiger partial charge in [-0.3, -0.25) is 14.5 Å². The van der Waals surface area contributed by atoms with E-state index in [0.29, 0.717) is 44.0 Å². The van der Waals surface area contributed by atoms with E-state index >= 15 is 0 Å². The van der Waals surface area contributed by atoms with E-state index in [9.17, 15) is 14.7 Å². The molecule has 6 heteroatoms. The van der Waals surface area contributed by atoms with Crippen LogP contribution < -0.4 is 0 Å². The molecule has 30 heavy (non-hydrogen) atoms. The fourth-order valence-corrected chi connectivity index (χ4v) is 4.13. The topological polar surface area (TPSA) is 70.1 Å². The number of carbonyl (C=O) groups excluding carboxylic acids is 2. The van der Waals surface area contributed by atoms with E-state index in [2.05, 4.69) is 6.92 Å². The predicted octanol–water partition coefficient (Wildman–Crippen LogP) is 2.99. The number of hydrogen-bond acceptors (Lipinski definition) is 5. The average molecular weight is 415 g/mol. The molecular formula is C24H34N2O4. The summed E-state index contributed by atoms with van der Waals surface area (Å²) in [5, 5.41) is 9.62. The van der Waals surface area contributed by atoms with Gasteiger partial charge in [0.05, 0.1) is 5.57 Å². The highest BCUT2D eigenvalue weighted by molar-refractivity contribution is 6.35. The molecule has 1 atom stereocenters. The number of benzene rings is 1. The largest absolute Gasteiger partial charge is 0.396 e. The number of aliphatic hydroxyl groups excluding tert-OH is 1. The molecule has 1 aromatic rings. The number of amides is 2. The van der Waals surface area contributed by atoms with Gasteiger partial charge < -0.3 is 14.7 Å². The summed E-state index contributed by atoms with van der Waals surface area (Å²) in [6.07, 6.45) is 4.59. The van der Waals surface area contributed by atoms with Gasteiger partial charge in [-0.2, -0.15) is 0 Å². The number of nitrogens with zero attached hydrogens (tertiary/aromatic N) is 2. The van der Waals surface area contributed by atoms with Crippen molar-refractivity contribution in [1.82, 2.24) is 9.80 Å². The molecule has 0 radical (unpaired) electrons. The van der Waals surface area contributed by atoms with E-state index in [1.807, 2.05) is 36.1 Å². The number of imide groups is 1. The Hall–Kier alpha value is -2.18. The third-order valence-corrected chi connectivity index (χ3v) is 5.89. The van der Waals surface area contributed by atoms with Crippen molar-refractivity contribution >= 4 is 17.4 Å². The Morgan fingerprint density at radius 1 is 1.10 bits per heavy atom. The second-order valence-electron chi connectivity index (χ2n) is 8.31. The van der Waals surface area contributed by atoms with Crippen LogP contribution in [0.3, 0.4) is 0 Å². The molecule has 0 spiro atoms. The van der Waals surface area contributed by atoms with Crippen LogP contribution in [-0.4, -0.2) is 66.2 Å². The first-order valence-corrected chi connectivity index (χ1v) is 11.2. The van der Waals surface area contributed by atoms with Crippen LogP contribution in [0.1, 0.15) is 50.2 Å². The number of ether oxygens (including phenoxy) is 1. The minimum atomic E-state index is -0.224. The summed E-state index contributed by atoms with van der Waals surface area (Å²) in [5.41, 5.74) is 2.87. The molecule has 0 saturated carbocycles. The number of likely N-dealkylation sites (tertiary alicyclic amines) is 1. The van der Waals surface area contributed by atoms with E-state index in [0.717, 1.165) is 43.4 Å². The van der Waals surface area contributed by atoms with Crippen LogP contribution in [0.25, 0.3) is 5.57 Å². The SMILES string of the molecule is CCCCOCCCN1C(=O)C(c2ccc(C)cc2)=C(N2CCCC(CO)C2)C1=O. The number of piperidine rings is 1. The van der Waals surface area contributed by atoms with E-state index in [-0.39, 0.29) is 24.3 Å². The predicted molar refractivity (Wildman–Crippen MR) is 117 cm³/mol.